The summed E-state index contributed by atoms with van der Waals surface area (Å²) < 4.78 is 2.51. The van der Waals surface area contributed by atoms with Gasteiger partial charge < -0.3 is 4.40 Å². The summed E-state index contributed by atoms with van der Waals surface area (Å²) in [6, 6.07) is 48.0. The van der Waals surface area contributed by atoms with Crippen LogP contribution in [-0.2, 0) is 0 Å². The van der Waals surface area contributed by atoms with E-state index in [0.717, 1.165) is 19.3 Å². The van der Waals surface area contributed by atoms with Gasteiger partial charge in [-0.3, -0.25) is 0 Å². The summed E-state index contributed by atoms with van der Waals surface area (Å²) in [6.45, 7) is 0. The molecule has 1 heteroatoms. The zero-order valence-corrected chi connectivity index (χ0v) is 25.5. The Kier molecular flexibility index (Phi) is 4.91. The quantitative estimate of drug-likeness (QED) is 0.190. The minimum absolute atomic E-state index is 0.419. The number of para-hydroxylation sites is 2. The van der Waals surface area contributed by atoms with Crippen molar-refractivity contribution in [3.8, 4) is 22.3 Å². The first-order valence-corrected chi connectivity index (χ1v) is 16.7. The van der Waals surface area contributed by atoms with Crippen LogP contribution in [0.4, 0.5) is 0 Å². The average molecular weight is 586 g/mol. The van der Waals surface area contributed by atoms with Crippen LogP contribution < -0.4 is 0 Å². The van der Waals surface area contributed by atoms with Crippen LogP contribution in [0, 0.1) is 0 Å². The first kappa shape index (κ1) is 24.9. The Balaban J connectivity index is 1.17. The van der Waals surface area contributed by atoms with Crippen molar-refractivity contribution in [1.29, 1.82) is 0 Å². The third-order valence-corrected chi connectivity index (χ3v) is 11.3. The van der Waals surface area contributed by atoms with E-state index in [2.05, 4.69) is 144 Å². The fraction of sp³-hybridized carbons (Fsp3) is 0.111. The van der Waals surface area contributed by atoms with Gasteiger partial charge in [0.1, 0.15) is 0 Å². The zero-order chi connectivity index (χ0) is 29.9. The molecule has 2 heterocycles. The molecule has 0 N–H and O–H groups in total. The Morgan fingerprint density at radius 1 is 0.587 bits per heavy atom. The Hall–Kier alpha value is -5.40. The Morgan fingerprint density at radius 2 is 1.35 bits per heavy atom. The van der Waals surface area contributed by atoms with Crippen molar-refractivity contribution in [2.45, 2.75) is 31.1 Å². The molecular weight excluding hydrogens is 555 g/mol. The molecular formula is C45H31N. The molecule has 0 saturated carbocycles. The molecule has 46 heavy (non-hydrogen) atoms. The molecule has 0 bridgehead atoms. The lowest BCUT2D eigenvalue weighted by Gasteiger charge is -2.23. The zero-order valence-electron chi connectivity index (χ0n) is 25.5. The third kappa shape index (κ3) is 3.20. The molecule has 0 aliphatic heterocycles. The Bertz CT molecular complexity index is 2610. The minimum atomic E-state index is 0.419. The fourth-order valence-electron chi connectivity index (χ4n) is 9.32. The predicted octanol–water partition coefficient (Wildman–Crippen LogP) is 11.9. The SMILES string of the molecule is C1=C2CCC3c4ccccc4-c4c(-c5ccc6c7cccc8c9ccccc9n(c6c5)c87)ccc(c43)C2=CC(c2ccccc2)C1. The van der Waals surface area contributed by atoms with Crippen molar-refractivity contribution in [3.63, 3.8) is 0 Å². The highest BCUT2D eigenvalue weighted by molar-refractivity contribution is 6.23. The van der Waals surface area contributed by atoms with Crippen LogP contribution in [0.3, 0.4) is 0 Å². The average Bonchev–Trinajstić information content (AvgIpc) is 3.72. The summed E-state index contributed by atoms with van der Waals surface area (Å²) in [5.41, 5.74) is 18.3. The number of hydrogen-bond donors (Lipinski definition) is 0. The number of rotatable bonds is 2. The van der Waals surface area contributed by atoms with Crippen LogP contribution in [-0.4, -0.2) is 4.40 Å². The van der Waals surface area contributed by atoms with Gasteiger partial charge in [0.05, 0.1) is 16.6 Å². The predicted molar refractivity (Wildman–Crippen MR) is 193 cm³/mol. The van der Waals surface area contributed by atoms with Crippen molar-refractivity contribution in [3.05, 3.63) is 167 Å². The lowest BCUT2D eigenvalue weighted by molar-refractivity contribution is 0.735. The molecule has 1 nitrogen and oxygen atoms in total. The van der Waals surface area contributed by atoms with Crippen LogP contribution in [0.2, 0.25) is 0 Å². The molecule has 6 aromatic carbocycles. The lowest BCUT2D eigenvalue weighted by Crippen LogP contribution is -2.04. The summed E-state index contributed by atoms with van der Waals surface area (Å²) in [5, 5.41) is 5.33. The van der Waals surface area contributed by atoms with Gasteiger partial charge in [-0.1, -0.05) is 127 Å². The van der Waals surface area contributed by atoms with Crippen molar-refractivity contribution in [2.75, 3.05) is 0 Å². The van der Waals surface area contributed by atoms with E-state index in [9.17, 15) is 0 Å². The molecule has 0 radical (unpaired) electrons. The van der Waals surface area contributed by atoms with Gasteiger partial charge in [-0.05, 0) is 87.0 Å². The van der Waals surface area contributed by atoms with Gasteiger partial charge >= 0.3 is 0 Å². The molecule has 2 atom stereocenters. The molecule has 0 amide bonds. The van der Waals surface area contributed by atoms with E-state index in [0.29, 0.717) is 11.8 Å². The molecule has 3 aliphatic carbocycles. The normalized spacial score (nSPS) is 18.4. The molecule has 0 spiro atoms. The summed E-state index contributed by atoms with van der Waals surface area (Å²) in [7, 11) is 0. The number of nitrogens with zero attached hydrogens (tertiary/aromatic N) is 1. The molecule has 3 aliphatic rings. The first-order chi connectivity index (χ1) is 22.8. The number of allylic oxidation sites excluding steroid dienone is 4. The molecule has 11 rings (SSSR count). The highest BCUT2D eigenvalue weighted by Crippen LogP contribution is 2.57. The van der Waals surface area contributed by atoms with E-state index in [4.69, 9.17) is 0 Å². The second-order valence-corrected chi connectivity index (χ2v) is 13.5. The van der Waals surface area contributed by atoms with Crippen molar-refractivity contribution in [1.82, 2.24) is 4.40 Å². The van der Waals surface area contributed by atoms with Crippen LogP contribution in [0.25, 0.3) is 65.9 Å². The van der Waals surface area contributed by atoms with Crippen molar-refractivity contribution >= 4 is 43.7 Å². The molecule has 0 saturated heterocycles. The van der Waals surface area contributed by atoms with Crippen LogP contribution in [0.1, 0.15) is 53.4 Å². The number of aromatic nitrogens is 1. The van der Waals surface area contributed by atoms with Gasteiger partial charge in [-0.2, -0.15) is 0 Å². The van der Waals surface area contributed by atoms with Crippen LogP contribution >= 0.6 is 0 Å². The van der Waals surface area contributed by atoms with E-state index >= 15 is 0 Å². The van der Waals surface area contributed by atoms with Gasteiger partial charge in [0.2, 0.25) is 0 Å². The highest BCUT2D eigenvalue weighted by atomic mass is 14.9. The van der Waals surface area contributed by atoms with Crippen molar-refractivity contribution in [2.24, 2.45) is 0 Å². The first-order valence-electron chi connectivity index (χ1n) is 16.7. The maximum absolute atomic E-state index is 2.58. The standard InChI is InChI=1S/C45H31N/c1-2-9-27(10-3-1)29-18-17-28-19-22-36-32-11-4-5-13-35(32)43-31(23-24-37(44(36)43)40(28)25-29)30-20-21-34-39-15-8-14-38-33-12-6-7-16-41(33)46(45(38)39)42(34)26-30/h1-17,20-21,23-26,29,36H,18-19,22H2. The topological polar surface area (TPSA) is 4.41 Å². The van der Waals surface area contributed by atoms with Gasteiger partial charge in [-0.25, -0.2) is 0 Å². The Labute approximate surface area is 268 Å². The monoisotopic (exact) mass is 585 g/mol. The Morgan fingerprint density at radius 3 is 2.26 bits per heavy atom. The number of benzene rings is 6. The van der Waals surface area contributed by atoms with Gasteiger partial charge in [-0.15, -0.1) is 0 Å². The third-order valence-electron chi connectivity index (χ3n) is 11.3. The summed E-state index contributed by atoms with van der Waals surface area (Å²) >= 11 is 0. The van der Waals surface area contributed by atoms with E-state index in [1.807, 2.05) is 0 Å². The highest BCUT2D eigenvalue weighted by Gasteiger charge is 2.37. The molecule has 8 aromatic rings. The van der Waals surface area contributed by atoms with Gasteiger partial charge in [0.25, 0.3) is 0 Å². The van der Waals surface area contributed by atoms with Crippen molar-refractivity contribution < 1.29 is 0 Å². The van der Waals surface area contributed by atoms with E-state index in [1.165, 1.54) is 88.2 Å². The maximum atomic E-state index is 2.58. The summed E-state index contributed by atoms with van der Waals surface area (Å²) in [5.74, 6) is 0.845. The molecule has 2 unspecified atom stereocenters. The molecule has 0 fully saturated rings. The second kappa shape index (κ2) is 9.08. The van der Waals surface area contributed by atoms with Gasteiger partial charge in [0.15, 0.2) is 0 Å². The second-order valence-electron chi connectivity index (χ2n) is 13.5. The van der Waals surface area contributed by atoms with E-state index in [-0.39, 0.29) is 0 Å². The number of fused-ring (bicyclic) bond motifs is 11. The van der Waals surface area contributed by atoms with Crippen LogP contribution in [0.5, 0.6) is 0 Å². The van der Waals surface area contributed by atoms with Crippen LogP contribution in [0.15, 0.2) is 145 Å². The lowest BCUT2D eigenvalue weighted by atomic mass is 9.81. The smallest absolute Gasteiger partial charge is 0.0620 e. The maximum Gasteiger partial charge on any atom is 0.0620 e. The molecule has 2 aromatic heterocycles. The summed E-state index contributed by atoms with van der Waals surface area (Å²) in [4.78, 5) is 0. The minimum Gasteiger partial charge on any atom is -0.308 e. The van der Waals surface area contributed by atoms with E-state index < -0.39 is 0 Å². The molecule has 216 valence electrons. The van der Waals surface area contributed by atoms with E-state index in [1.54, 1.807) is 5.56 Å². The fourth-order valence-corrected chi connectivity index (χ4v) is 9.32. The largest absolute Gasteiger partial charge is 0.308 e. The summed E-state index contributed by atoms with van der Waals surface area (Å²) in [6.07, 6.45) is 8.50. The number of hydrogen-bond acceptors (Lipinski definition) is 0. The van der Waals surface area contributed by atoms with Gasteiger partial charge in [0, 0.05) is 33.4 Å².